The smallest absolute Gasteiger partial charge is 0.233 e. The van der Waals surface area contributed by atoms with Crippen LogP contribution in [0.4, 0.5) is 5.82 Å². The number of nitrogens with zero attached hydrogens (tertiary/aromatic N) is 4. The molecule has 24 heavy (non-hydrogen) atoms. The van der Waals surface area contributed by atoms with Gasteiger partial charge in [-0.05, 0) is 17.5 Å². The predicted octanol–water partition coefficient (Wildman–Crippen LogP) is 1.27. The second-order valence-electron chi connectivity index (χ2n) is 6.36. The third kappa shape index (κ3) is 2.72. The van der Waals surface area contributed by atoms with Crippen LogP contribution in [0.1, 0.15) is 17.2 Å². The zero-order valence-electron chi connectivity index (χ0n) is 13.8. The number of piperazine rings is 1. The minimum atomic E-state index is -0.385. The Morgan fingerprint density at radius 1 is 1.12 bits per heavy atom. The molecule has 2 aromatic rings. The van der Waals surface area contributed by atoms with Gasteiger partial charge >= 0.3 is 0 Å². The summed E-state index contributed by atoms with van der Waals surface area (Å²) in [5.41, 5.74) is 2.36. The lowest BCUT2D eigenvalue weighted by Gasteiger charge is -2.39. The largest absolute Gasteiger partial charge is 0.480 e. The van der Waals surface area contributed by atoms with E-state index in [4.69, 9.17) is 4.74 Å². The molecular weight excluding hydrogens is 304 g/mol. The van der Waals surface area contributed by atoms with Crippen molar-refractivity contribution in [1.29, 1.82) is 0 Å². The molecule has 126 valence electrons. The van der Waals surface area contributed by atoms with Crippen LogP contribution in [0.5, 0.6) is 5.88 Å². The summed E-state index contributed by atoms with van der Waals surface area (Å²) < 4.78 is 5.15. The molecule has 1 aromatic heterocycles. The summed E-state index contributed by atoms with van der Waals surface area (Å²) in [6.45, 7) is 3.58. The number of hydrogen-bond donors (Lipinski definition) is 1. The molecule has 0 unspecified atom stereocenters. The number of aromatic nitrogens is 2. The van der Waals surface area contributed by atoms with Crippen LogP contribution in [0.25, 0.3) is 0 Å². The van der Waals surface area contributed by atoms with Gasteiger partial charge in [-0.2, -0.15) is 4.98 Å². The average molecular weight is 326 g/mol. The molecule has 1 N–H and O–H groups in total. The molecule has 2 atom stereocenters. The molecule has 1 aromatic carbocycles. The second kappa shape index (κ2) is 6.37. The van der Waals surface area contributed by atoms with Crippen molar-refractivity contribution >= 4 is 5.82 Å². The van der Waals surface area contributed by atoms with E-state index in [-0.39, 0.29) is 12.1 Å². The van der Waals surface area contributed by atoms with E-state index in [0.717, 1.165) is 44.0 Å². The van der Waals surface area contributed by atoms with Gasteiger partial charge in [0, 0.05) is 32.2 Å². The number of aliphatic hydroxyl groups is 1. The van der Waals surface area contributed by atoms with Crippen LogP contribution in [0.2, 0.25) is 0 Å². The minimum Gasteiger partial charge on any atom is -0.480 e. The van der Waals surface area contributed by atoms with Crippen molar-refractivity contribution < 1.29 is 9.84 Å². The van der Waals surface area contributed by atoms with E-state index in [9.17, 15) is 5.11 Å². The fourth-order valence-corrected chi connectivity index (χ4v) is 3.75. The summed E-state index contributed by atoms with van der Waals surface area (Å²) in [5.74, 6) is 1.39. The van der Waals surface area contributed by atoms with Crippen LogP contribution >= 0.6 is 0 Å². The summed E-state index contributed by atoms with van der Waals surface area (Å²) in [7, 11) is 1.60. The maximum atomic E-state index is 10.7. The quantitative estimate of drug-likeness (QED) is 0.916. The fourth-order valence-electron chi connectivity index (χ4n) is 3.75. The highest BCUT2D eigenvalue weighted by Gasteiger charge is 2.36. The van der Waals surface area contributed by atoms with Crippen LogP contribution in [-0.4, -0.2) is 59.3 Å². The number of methoxy groups -OCH3 is 1. The number of aliphatic hydroxyl groups excluding tert-OH is 1. The zero-order chi connectivity index (χ0) is 16.5. The molecule has 2 heterocycles. The highest BCUT2D eigenvalue weighted by atomic mass is 16.5. The van der Waals surface area contributed by atoms with E-state index >= 15 is 0 Å². The molecule has 1 saturated heterocycles. The molecule has 2 aliphatic rings. The predicted molar refractivity (Wildman–Crippen MR) is 91.3 cm³/mol. The van der Waals surface area contributed by atoms with Crippen molar-refractivity contribution in [2.24, 2.45) is 0 Å². The molecule has 1 aliphatic heterocycles. The molecular formula is C18H22N4O2. The first-order valence-electron chi connectivity index (χ1n) is 8.37. The van der Waals surface area contributed by atoms with Gasteiger partial charge in [-0.25, -0.2) is 0 Å². The Labute approximate surface area is 141 Å². The lowest BCUT2D eigenvalue weighted by atomic mass is 10.1. The number of ether oxygens (including phenoxy) is 1. The van der Waals surface area contributed by atoms with E-state index in [1.54, 1.807) is 19.5 Å². The van der Waals surface area contributed by atoms with Gasteiger partial charge < -0.3 is 14.7 Å². The molecule has 0 bridgehead atoms. The van der Waals surface area contributed by atoms with E-state index in [0.29, 0.717) is 5.88 Å². The van der Waals surface area contributed by atoms with Crippen molar-refractivity contribution in [3.63, 3.8) is 0 Å². The zero-order valence-corrected chi connectivity index (χ0v) is 13.8. The first kappa shape index (κ1) is 15.4. The minimum absolute atomic E-state index is 0.181. The molecule has 0 spiro atoms. The highest BCUT2D eigenvalue weighted by Crippen LogP contribution is 2.34. The van der Waals surface area contributed by atoms with Crippen molar-refractivity contribution in [3.8, 4) is 5.88 Å². The maximum absolute atomic E-state index is 10.7. The van der Waals surface area contributed by atoms with Crippen LogP contribution in [0.15, 0.2) is 36.7 Å². The number of fused-ring (bicyclic) bond motifs is 1. The van der Waals surface area contributed by atoms with Gasteiger partial charge in [0.1, 0.15) is 0 Å². The molecule has 0 amide bonds. The van der Waals surface area contributed by atoms with Gasteiger partial charge in [0.05, 0.1) is 25.6 Å². The topological polar surface area (TPSA) is 61.7 Å². The number of benzene rings is 1. The average Bonchev–Trinajstić information content (AvgIpc) is 2.99. The molecule has 1 aliphatic carbocycles. The Bertz CT molecular complexity index is 716. The van der Waals surface area contributed by atoms with Crippen LogP contribution in [-0.2, 0) is 6.42 Å². The number of anilines is 1. The molecule has 4 rings (SSSR count). The van der Waals surface area contributed by atoms with Crippen LogP contribution in [0, 0.1) is 0 Å². The van der Waals surface area contributed by atoms with Crippen molar-refractivity contribution in [3.05, 3.63) is 47.8 Å². The first-order chi connectivity index (χ1) is 11.8. The van der Waals surface area contributed by atoms with Gasteiger partial charge in [0.25, 0.3) is 0 Å². The second-order valence-corrected chi connectivity index (χ2v) is 6.36. The monoisotopic (exact) mass is 326 g/mol. The maximum Gasteiger partial charge on any atom is 0.233 e. The van der Waals surface area contributed by atoms with Crippen LogP contribution < -0.4 is 9.64 Å². The Morgan fingerprint density at radius 3 is 2.67 bits per heavy atom. The first-order valence-corrected chi connectivity index (χ1v) is 8.37. The van der Waals surface area contributed by atoms with Crippen molar-refractivity contribution in [2.45, 2.75) is 18.6 Å². The lowest BCUT2D eigenvalue weighted by Crippen LogP contribution is -2.51. The Balaban J connectivity index is 1.42. The molecule has 1 fully saturated rings. The third-order valence-corrected chi connectivity index (χ3v) is 5.08. The highest BCUT2D eigenvalue weighted by molar-refractivity contribution is 5.39. The number of rotatable bonds is 3. The summed E-state index contributed by atoms with van der Waals surface area (Å²) in [6, 6.07) is 8.40. The Morgan fingerprint density at radius 2 is 1.92 bits per heavy atom. The summed E-state index contributed by atoms with van der Waals surface area (Å²) >= 11 is 0. The van der Waals surface area contributed by atoms with Crippen molar-refractivity contribution in [1.82, 2.24) is 14.9 Å². The molecule has 0 saturated carbocycles. The third-order valence-electron chi connectivity index (χ3n) is 5.08. The van der Waals surface area contributed by atoms with E-state index < -0.39 is 0 Å². The molecule has 6 nitrogen and oxygen atoms in total. The summed E-state index contributed by atoms with van der Waals surface area (Å²) in [5, 5.41) is 10.7. The van der Waals surface area contributed by atoms with E-state index in [1.165, 1.54) is 5.56 Å². The van der Waals surface area contributed by atoms with Crippen LogP contribution in [0.3, 0.4) is 0 Å². The summed E-state index contributed by atoms with van der Waals surface area (Å²) in [4.78, 5) is 13.3. The van der Waals surface area contributed by atoms with E-state index in [1.807, 2.05) is 18.2 Å². The van der Waals surface area contributed by atoms with E-state index in [2.05, 4.69) is 25.8 Å². The normalized spacial score (nSPS) is 24.0. The Kier molecular flexibility index (Phi) is 4.08. The van der Waals surface area contributed by atoms with Gasteiger partial charge in [0.2, 0.25) is 5.88 Å². The van der Waals surface area contributed by atoms with Gasteiger partial charge in [0.15, 0.2) is 5.82 Å². The van der Waals surface area contributed by atoms with Gasteiger partial charge in [-0.1, -0.05) is 24.3 Å². The van der Waals surface area contributed by atoms with Gasteiger partial charge in [-0.3, -0.25) is 9.88 Å². The standard InChI is InChI=1S/C18H22N4O2/c1-24-17-12-19-11-16(20-17)22-8-6-21(7-9-22)15-10-13-4-2-3-5-14(13)18(15)23/h2-5,11-12,15,18,23H,6-10H2,1H3/t15-,18-/m0/s1. The fraction of sp³-hybridized carbons (Fsp3) is 0.444. The molecule has 0 radical (unpaired) electrons. The van der Waals surface area contributed by atoms with Crippen molar-refractivity contribution in [2.75, 3.05) is 38.2 Å². The molecule has 6 heteroatoms. The Hall–Kier alpha value is -2.18. The SMILES string of the molecule is COc1cncc(N2CCN([C@H]3Cc4ccccc4[C@@H]3O)CC2)n1. The lowest BCUT2D eigenvalue weighted by molar-refractivity contribution is 0.0571. The summed E-state index contributed by atoms with van der Waals surface area (Å²) in [6.07, 6.45) is 3.94. The van der Waals surface area contributed by atoms with Gasteiger partial charge in [-0.15, -0.1) is 0 Å². The number of hydrogen-bond acceptors (Lipinski definition) is 6.